The quantitative estimate of drug-likeness (QED) is 0.818. The van der Waals surface area contributed by atoms with Gasteiger partial charge in [-0.05, 0) is 37.9 Å². The highest BCUT2D eigenvalue weighted by atomic mass is 19.1. The summed E-state index contributed by atoms with van der Waals surface area (Å²) in [5.41, 5.74) is 5.31. The SMILES string of the molecule is NC(=O)C1CCCCN1CC(=O)NCCc1c(F)cccc1F. The van der Waals surface area contributed by atoms with Gasteiger partial charge < -0.3 is 11.1 Å². The number of halogens is 2. The number of hydrogen-bond acceptors (Lipinski definition) is 3. The van der Waals surface area contributed by atoms with Gasteiger partial charge in [0.1, 0.15) is 11.6 Å². The van der Waals surface area contributed by atoms with Crippen LogP contribution in [0.25, 0.3) is 0 Å². The van der Waals surface area contributed by atoms with Crippen molar-refractivity contribution >= 4 is 11.8 Å². The van der Waals surface area contributed by atoms with Crippen LogP contribution in [0, 0.1) is 11.6 Å². The monoisotopic (exact) mass is 325 g/mol. The van der Waals surface area contributed by atoms with Crippen LogP contribution in [0.3, 0.4) is 0 Å². The molecule has 126 valence electrons. The van der Waals surface area contributed by atoms with Gasteiger partial charge in [-0.15, -0.1) is 0 Å². The summed E-state index contributed by atoms with van der Waals surface area (Å²) in [6.07, 6.45) is 2.56. The molecule has 0 spiro atoms. The Balaban J connectivity index is 1.82. The maximum atomic E-state index is 13.5. The van der Waals surface area contributed by atoms with Crippen LogP contribution in [0.4, 0.5) is 8.78 Å². The zero-order valence-electron chi connectivity index (χ0n) is 12.9. The molecule has 0 aliphatic carbocycles. The van der Waals surface area contributed by atoms with Gasteiger partial charge in [0.15, 0.2) is 0 Å². The lowest BCUT2D eigenvalue weighted by Crippen LogP contribution is -2.51. The number of amides is 2. The lowest BCUT2D eigenvalue weighted by atomic mass is 10.0. The number of rotatable bonds is 6. The minimum atomic E-state index is -0.621. The number of primary amides is 1. The second-order valence-electron chi connectivity index (χ2n) is 5.68. The summed E-state index contributed by atoms with van der Waals surface area (Å²) >= 11 is 0. The van der Waals surface area contributed by atoms with Crippen molar-refractivity contribution in [3.8, 4) is 0 Å². The van der Waals surface area contributed by atoms with Crippen LogP contribution < -0.4 is 11.1 Å². The van der Waals surface area contributed by atoms with Crippen molar-refractivity contribution in [2.24, 2.45) is 5.73 Å². The molecule has 2 amide bonds. The van der Waals surface area contributed by atoms with E-state index in [1.54, 1.807) is 4.90 Å². The summed E-state index contributed by atoms with van der Waals surface area (Å²) in [6.45, 7) is 0.835. The number of nitrogens with zero attached hydrogens (tertiary/aromatic N) is 1. The first-order chi connectivity index (χ1) is 11.0. The van der Waals surface area contributed by atoms with E-state index in [0.717, 1.165) is 12.8 Å². The smallest absolute Gasteiger partial charge is 0.234 e. The third-order valence-electron chi connectivity index (χ3n) is 4.05. The predicted molar refractivity (Wildman–Crippen MR) is 81.5 cm³/mol. The Kier molecular flexibility index (Phi) is 6.04. The Morgan fingerprint density at radius 2 is 1.96 bits per heavy atom. The van der Waals surface area contributed by atoms with Gasteiger partial charge in [-0.1, -0.05) is 12.5 Å². The first kappa shape index (κ1) is 17.3. The normalized spacial score (nSPS) is 18.6. The molecule has 3 N–H and O–H groups in total. The van der Waals surface area contributed by atoms with Crippen LogP contribution in [0.15, 0.2) is 18.2 Å². The summed E-state index contributed by atoms with van der Waals surface area (Å²) in [5, 5.41) is 2.63. The van der Waals surface area contributed by atoms with Gasteiger partial charge in [-0.2, -0.15) is 0 Å². The van der Waals surface area contributed by atoms with E-state index in [0.29, 0.717) is 13.0 Å². The molecule has 0 saturated carbocycles. The molecule has 1 aromatic rings. The molecule has 23 heavy (non-hydrogen) atoms. The Morgan fingerprint density at radius 3 is 2.61 bits per heavy atom. The van der Waals surface area contributed by atoms with Crippen LogP contribution in [0.2, 0.25) is 0 Å². The summed E-state index contributed by atoms with van der Waals surface area (Å²) in [5.74, 6) is -1.95. The maximum Gasteiger partial charge on any atom is 0.234 e. The van der Waals surface area contributed by atoms with Gasteiger partial charge in [0.2, 0.25) is 11.8 Å². The van der Waals surface area contributed by atoms with Gasteiger partial charge in [-0.25, -0.2) is 8.78 Å². The molecule has 1 saturated heterocycles. The average molecular weight is 325 g/mol. The van der Waals surface area contributed by atoms with Crippen molar-refractivity contribution in [1.29, 1.82) is 0 Å². The van der Waals surface area contributed by atoms with E-state index in [4.69, 9.17) is 5.73 Å². The summed E-state index contributed by atoms with van der Waals surface area (Å²) < 4.78 is 27.0. The molecule has 1 unspecified atom stereocenters. The van der Waals surface area contributed by atoms with Crippen molar-refractivity contribution in [1.82, 2.24) is 10.2 Å². The second kappa shape index (κ2) is 8.01. The number of benzene rings is 1. The van der Waals surface area contributed by atoms with Crippen molar-refractivity contribution < 1.29 is 18.4 Å². The van der Waals surface area contributed by atoms with Gasteiger partial charge in [0.25, 0.3) is 0 Å². The molecule has 0 radical (unpaired) electrons. The fraction of sp³-hybridized carbons (Fsp3) is 0.500. The third-order valence-corrected chi connectivity index (χ3v) is 4.05. The number of nitrogens with one attached hydrogen (secondary N) is 1. The van der Waals surface area contributed by atoms with Crippen LogP contribution in [0.1, 0.15) is 24.8 Å². The van der Waals surface area contributed by atoms with Crippen LogP contribution >= 0.6 is 0 Å². The standard InChI is InChI=1S/C16H21F2N3O2/c17-12-4-3-5-13(18)11(12)7-8-20-15(22)10-21-9-2-1-6-14(21)16(19)23/h3-5,14H,1-2,6-10H2,(H2,19,23)(H,20,22). The number of nitrogens with two attached hydrogens (primary N) is 1. The number of piperidine rings is 1. The molecule has 7 heteroatoms. The average Bonchev–Trinajstić information content (AvgIpc) is 2.50. The minimum absolute atomic E-state index is 0.0409. The lowest BCUT2D eigenvalue weighted by molar-refractivity contribution is -0.128. The van der Waals surface area contributed by atoms with Gasteiger partial charge >= 0.3 is 0 Å². The fourth-order valence-corrected chi connectivity index (χ4v) is 2.84. The Bertz CT molecular complexity index is 560. The van der Waals surface area contributed by atoms with Crippen molar-refractivity contribution in [2.75, 3.05) is 19.6 Å². The largest absolute Gasteiger partial charge is 0.368 e. The molecule has 1 heterocycles. The second-order valence-corrected chi connectivity index (χ2v) is 5.68. The minimum Gasteiger partial charge on any atom is -0.368 e. The summed E-state index contributed by atoms with van der Waals surface area (Å²) in [4.78, 5) is 25.1. The van der Waals surface area contributed by atoms with Gasteiger partial charge in [0, 0.05) is 12.1 Å². The van der Waals surface area contributed by atoms with E-state index in [-0.39, 0.29) is 31.0 Å². The molecule has 1 atom stereocenters. The Labute approximate surface area is 133 Å². The van der Waals surface area contributed by atoms with Gasteiger partial charge in [0.05, 0.1) is 12.6 Å². The van der Waals surface area contributed by atoms with Crippen LogP contribution in [-0.2, 0) is 16.0 Å². The molecule has 1 aliphatic rings. The molecule has 0 bridgehead atoms. The van der Waals surface area contributed by atoms with Crippen molar-refractivity contribution in [2.45, 2.75) is 31.7 Å². The molecule has 1 aliphatic heterocycles. The first-order valence-electron chi connectivity index (χ1n) is 7.72. The first-order valence-corrected chi connectivity index (χ1v) is 7.72. The number of carbonyl (C=O) groups is 2. The fourth-order valence-electron chi connectivity index (χ4n) is 2.84. The van der Waals surface area contributed by atoms with Crippen LogP contribution in [0.5, 0.6) is 0 Å². The molecule has 2 rings (SSSR count). The highest BCUT2D eigenvalue weighted by molar-refractivity contribution is 5.82. The van der Waals surface area contributed by atoms with E-state index in [2.05, 4.69) is 5.32 Å². The van der Waals surface area contributed by atoms with E-state index >= 15 is 0 Å². The molecule has 0 aromatic heterocycles. The van der Waals surface area contributed by atoms with E-state index in [1.165, 1.54) is 18.2 Å². The number of carbonyl (C=O) groups excluding carboxylic acids is 2. The lowest BCUT2D eigenvalue weighted by Gasteiger charge is -2.32. The zero-order chi connectivity index (χ0) is 16.8. The Hall–Kier alpha value is -2.02. The van der Waals surface area contributed by atoms with E-state index < -0.39 is 23.6 Å². The highest BCUT2D eigenvalue weighted by Gasteiger charge is 2.28. The highest BCUT2D eigenvalue weighted by Crippen LogP contribution is 2.16. The number of likely N-dealkylation sites (tertiary alicyclic amines) is 1. The third kappa shape index (κ3) is 4.72. The van der Waals surface area contributed by atoms with E-state index in [1.807, 2.05) is 0 Å². The molecular formula is C16H21F2N3O2. The van der Waals surface area contributed by atoms with E-state index in [9.17, 15) is 18.4 Å². The maximum absolute atomic E-state index is 13.5. The van der Waals surface area contributed by atoms with Gasteiger partial charge in [-0.3, -0.25) is 14.5 Å². The summed E-state index contributed by atoms with van der Waals surface area (Å²) in [6, 6.07) is 3.25. The number of hydrogen-bond donors (Lipinski definition) is 2. The molecule has 1 aromatic carbocycles. The summed E-state index contributed by atoms with van der Waals surface area (Å²) in [7, 11) is 0. The Morgan fingerprint density at radius 1 is 1.26 bits per heavy atom. The van der Waals surface area contributed by atoms with Crippen molar-refractivity contribution in [3.05, 3.63) is 35.4 Å². The molecular weight excluding hydrogens is 304 g/mol. The molecule has 5 nitrogen and oxygen atoms in total. The molecule has 1 fully saturated rings. The van der Waals surface area contributed by atoms with Crippen molar-refractivity contribution in [3.63, 3.8) is 0 Å². The van der Waals surface area contributed by atoms with Crippen LogP contribution in [-0.4, -0.2) is 42.4 Å². The topological polar surface area (TPSA) is 75.4 Å². The zero-order valence-corrected chi connectivity index (χ0v) is 12.9. The predicted octanol–water partition coefficient (Wildman–Crippen LogP) is 0.963.